The molecular weight excluding hydrogens is 202 g/mol. The van der Waals surface area contributed by atoms with Crippen molar-refractivity contribution in [3.8, 4) is 0 Å². The van der Waals surface area contributed by atoms with E-state index < -0.39 is 11.7 Å². The van der Waals surface area contributed by atoms with E-state index in [0.29, 0.717) is 0 Å². The number of rotatable bonds is 3. The van der Waals surface area contributed by atoms with Gasteiger partial charge in [-0.2, -0.15) is 0 Å². The van der Waals surface area contributed by atoms with Gasteiger partial charge in [0.1, 0.15) is 0 Å². The van der Waals surface area contributed by atoms with Gasteiger partial charge in [0.25, 0.3) is 5.91 Å². The van der Waals surface area contributed by atoms with Gasteiger partial charge in [-0.1, -0.05) is 18.2 Å². The maximum absolute atomic E-state index is 11.2. The van der Waals surface area contributed by atoms with E-state index in [-0.39, 0.29) is 6.04 Å². The lowest BCUT2D eigenvalue weighted by atomic mass is 10.0. The highest BCUT2D eigenvalue weighted by molar-refractivity contribution is 6.35. The van der Waals surface area contributed by atoms with Crippen LogP contribution in [0.15, 0.2) is 18.2 Å². The van der Waals surface area contributed by atoms with Gasteiger partial charge in [0.05, 0.1) is 6.04 Å². The second-order valence-electron chi connectivity index (χ2n) is 4.10. The van der Waals surface area contributed by atoms with Gasteiger partial charge in [0.15, 0.2) is 0 Å². The Morgan fingerprint density at radius 2 is 1.81 bits per heavy atom. The Bertz CT molecular complexity index is 424. The van der Waals surface area contributed by atoms with Crippen LogP contribution in [-0.2, 0) is 9.59 Å². The Labute approximate surface area is 95.9 Å². The summed E-state index contributed by atoms with van der Waals surface area (Å²) in [7, 11) is 0. The van der Waals surface area contributed by atoms with E-state index in [4.69, 9.17) is 0 Å². The zero-order valence-corrected chi connectivity index (χ0v) is 10.1. The van der Waals surface area contributed by atoms with Gasteiger partial charge in [-0.3, -0.25) is 9.59 Å². The number of carbonyl (C=O) groups excluding carboxylic acids is 2. The Hall–Kier alpha value is -1.64. The Balaban J connectivity index is 2.81. The van der Waals surface area contributed by atoms with Gasteiger partial charge in [-0.15, -0.1) is 0 Å². The van der Waals surface area contributed by atoms with E-state index in [1.165, 1.54) is 18.1 Å². The molecule has 1 amide bonds. The first-order valence-electron chi connectivity index (χ1n) is 5.30. The van der Waals surface area contributed by atoms with Gasteiger partial charge in [-0.05, 0) is 37.5 Å². The van der Waals surface area contributed by atoms with Crippen molar-refractivity contribution in [1.82, 2.24) is 5.32 Å². The highest BCUT2D eigenvalue weighted by Crippen LogP contribution is 2.16. The molecule has 0 radical (unpaired) electrons. The quantitative estimate of drug-likeness (QED) is 0.791. The molecule has 0 saturated heterocycles. The van der Waals surface area contributed by atoms with Crippen LogP contribution in [0.2, 0.25) is 0 Å². The molecule has 1 unspecified atom stereocenters. The third-order valence-corrected chi connectivity index (χ3v) is 2.70. The molecule has 0 aliphatic rings. The van der Waals surface area contributed by atoms with Crippen molar-refractivity contribution < 1.29 is 9.59 Å². The van der Waals surface area contributed by atoms with Crippen LogP contribution in [0, 0.1) is 13.8 Å². The number of amides is 1. The maximum atomic E-state index is 11.2. The standard InChI is InChI=1S/C13H17NO2/c1-8-5-6-12(7-9(8)2)10(3)14-13(16)11(4)15/h5-7,10H,1-4H3,(H,14,16). The average Bonchev–Trinajstić information content (AvgIpc) is 2.21. The van der Waals surface area contributed by atoms with Gasteiger partial charge in [0.2, 0.25) is 5.78 Å². The van der Waals surface area contributed by atoms with E-state index >= 15 is 0 Å². The molecule has 0 fully saturated rings. The molecule has 3 heteroatoms. The molecule has 0 aliphatic carbocycles. The fourth-order valence-electron chi connectivity index (χ4n) is 1.42. The summed E-state index contributed by atoms with van der Waals surface area (Å²) in [5.41, 5.74) is 3.41. The number of hydrogen-bond acceptors (Lipinski definition) is 2. The number of aryl methyl sites for hydroxylation is 2. The predicted molar refractivity (Wildman–Crippen MR) is 63.2 cm³/mol. The van der Waals surface area contributed by atoms with Gasteiger partial charge in [0, 0.05) is 6.92 Å². The Morgan fingerprint density at radius 3 is 2.31 bits per heavy atom. The van der Waals surface area contributed by atoms with Gasteiger partial charge < -0.3 is 5.32 Å². The lowest BCUT2D eigenvalue weighted by Crippen LogP contribution is -2.31. The molecule has 0 heterocycles. The summed E-state index contributed by atoms with van der Waals surface area (Å²) in [6.45, 7) is 7.20. The van der Waals surface area contributed by atoms with Crippen molar-refractivity contribution in [3.63, 3.8) is 0 Å². The Kier molecular flexibility index (Phi) is 3.82. The molecule has 1 aromatic rings. The van der Waals surface area contributed by atoms with Crippen LogP contribution in [0.1, 0.15) is 36.6 Å². The summed E-state index contributed by atoms with van der Waals surface area (Å²) in [5, 5.41) is 2.65. The van der Waals surface area contributed by atoms with E-state index in [9.17, 15) is 9.59 Å². The lowest BCUT2D eigenvalue weighted by molar-refractivity contribution is -0.137. The summed E-state index contributed by atoms with van der Waals surface area (Å²) >= 11 is 0. The zero-order chi connectivity index (χ0) is 12.3. The number of benzene rings is 1. The van der Waals surface area contributed by atoms with Crippen molar-refractivity contribution in [1.29, 1.82) is 0 Å². The molecule has 0 aromatic heterocycles. The number of hydrogen-bond donors (Lipinski definition) is 1. The molecule has 3 nitrogen and oxygen atoms in total. The third-order valence-electron chi connectivity index (χ3n) is 2.70. The molecule has 86 valence electrons. The first-order valence-corrected chi connectivity index (χ1v) is 5.30. The molecule has 1 N–H and O–H groups in total. The molecule has 1 rings (SSSR count). The monoisotopic (exact) mass is 219 g/mol. The van der Waals surface area contributed by atoms with Crippen molar-refractivity contribution in [2.75, 3.05) is 0 Å². The van der Waals surface area contributed by atoms with Gasteiger partial charge >= 0.3 is 0 Å². The summed E-state index contributed by atoms with van der Waals surface area (Å²) in [6, 6.07) is 5.87. The number of carbonyl (C=O) groups is 2. The Morgan fingerprint density at radius 1 is 1.19 bits per heavy atom. The first-order chi connectivity index (χ1) is 7.41. The van der Waals surface area contributed by atoms with E-state index in [1.54, 1.807) is 0 Å². The highest BCUT2D eigenvalue weighted by atomic mass is 16.2. The average molecular weight is 219 g/mol. The topological polar surface area (TPSA) is 46.2 Å². The molecule has 0 saturated carbocycles. The van der Waals surface area contributed by atoms with Crippen molar-refractivity contribution in [3.05, 3.63) is 34.9 Å². The fraction of sp³-hybridized carbons (Fsp3) is 0.385. The minimum atomic E-state index is -0.536. The molecule has 0 bridgehead atoms. The summed E-state index contributed by atoms with van der Waals surface area (Å²) < 4.78 is 0. The molecule has 0 spiro atoms. The molecular formula is C13H17NO2. The highest BCUT2D eigenvalue weighted by Gasteiger charge is 2.12. The number of ketones is 1. The minimum Gasteiger partial charge on any atom is -0.343 e. The predicted octanol–water partition coefficient (Wildman–Crippen LogP) is 2.07. The van der Waals surface area contributed by atoms with Crippen LogP contribution < -0.4 is 5.32 Å². The normalized spacial score (nSPS) is 12.0. The fourth-order valence-corrected chi connectivity index (χ4v) is 1.42. The first kappa shape index (κ1) is 12.4. The van der Waals surface area contributed by atoms with Gasteiger partial charge in [-0.25, -0.2) is 0 Å². The van der Waals surface area contributed by atoms with Crippen LogP contribution in [0.25, 0.3) is 0 Å². The summed E-state index contributed by atoms with van der Waals surface area (Å²) in [5.74, 6) is -0.999. The van der Waals surface area contributed by atoms with E-state index in [0.717, 1.165) is 5.56 Å². The molecule has 1 atom stereocenters. The van der Waals surface area contributed by atoms with Crippen LogP contribution in [0.3, 0.4) is 0 Å². The minimum absolute atomic E-state index is 0.143. The summed E-state index contributed by atoms with van der Waals surface area (Å²) in [6.07, 6.45) is 0. The molecule has 0 aliphatic heterocycles. The maximum Gasteiger partial charge on any atom is 0.287 e. The van der Waals surface area contributed by atoms with E-state index in [1.807, 2.05) is 39.0 Å². The third kappa shape index (κ3) is 2.92. The lowest BCUT2D eigenvalue weighted by Gasteiger charge is -2.14. The van der Waals surface area contributed by atoms with Crippen LogP contribution in [0.5, 0.6) is 0 Å². The van der Waals surface area contributed by atoms with Crippen molar-refractivity contribution in [2.45, 2.75) is 33.7 Å². The van der Waals surface area contributed by atoms with Crippen molar-refractivity contribution >= 4 is 11.7 Å². The molecule has 1 aromatic carbocycles. The van der Waals surface area contributed by atoms with Crippen molar-refractivity contribution in [2.24, 2.45) is 0 Å². The largest absolute Gasteiger partial charge is 0.343 e. The second-order valence-corrected chi connectivity index (χ2v) is 4.10. The SMILES string of the molecule is CC(=O)C(=O)NC(C)c1ccc(C)c(C)c1. The number of nitrogens with one attached hydrogen (secondary N) is 1. The van der Waals surface area contributed by atoms with Crippen LogP contribution >= 0.6 is 0 Å². The number of Topliss-reactive ketones (excluding diaryl/α,β-unsaturated/α-hetero) is 1. The van der Waals surface area contributed by atoms with Crippen LogP contribution in [-0.4, -0.2) is 11.7 Å². The zero-order valence-electron chi connectivity index (χ0n) is 10.1. The van der Waals surface area contributed by atoms with E-state index in [2.05, 4.69) is 5.32 Å². The summed E-state index contributed by atoms with van der Waals surface area (Å²) in [4.78, 5) is 22.0. The second kappa shape index (κ2) is 4.92. The smallest absolute Gasteiger partial charge is 0.287 e. The van der Waals surface area contributed by atoms with Crippen LogP contribution in [0.4, 0.5) is 0 Å². The molecule has 16 heavy (non-hydrogen) atoms.